The van der Waals surface area contributed by atoms with Gasteiger partial charge in [0, 0.05) is 18.5 Å². The van der Waals surface area contributed by atoms with E-state index in [0.717, 1.165) is 30.9 Å². The Kier molecular flexibility index (Phi) is 3.97. The highest BCUT2D eigenvalue weighted by molar-refractivity contribution is 5.54. The lowest BCUT2D eigenvalue weighted by molar-refractivity contribution is 0.349. The Morgan fingerprint density at radius 3 is 2.50 bits per heavy atom. The van der Waals surface area contributed by atoms with Gasteiger partial charge in [-0.1, -0.05) is 25.1 Å². The molecule has 4 rings (SSSR count). The van der Waals surface area contributed by atoms with Gasteiger partial charge in [0.1, 0.15) is 0 Å². The molecule has 0 amide bonds. The van der Waals surface area contributed by atoms with Crippen LogP contribution in [0.25, 0.3) is 0 Å². The lowest BCUT2D eigenvalue weighted by atomic mass is 9.72. The number of hydrogen-bond acceptors (Lipinski definition) is 3. The summed E-state index contributed by atoms with van der Waals surface area (Å²) in [5.41, 5.74) is 7.13. The summed E-state index contributed by atoms with van der Waals surface area (Å²) in [5.74, 6) is 2.07. The standard InChI is InChI=1S/C21H25NO2/c1-4-13-5-6-15-12-22-18-8-7-14-10-19(23-2)20(24-3)11-17(14)21(18)16(15)9-13/h5-6,9-11,18,21-22H,4,7-8,12H2,1-3H3. The van der Waals surface area contributed by atoms with E-state index >= 15 is 0 Å². The maximum atomic E-state index is 5.57. The van der Waals surface area contributed by atoms with Crippen molar-refractivity contribution in [1.29, 1.82) is 0 Å². The zero-order valence-corrected chi connectivity index (χ0v) is 14.7. The van der Waals surface area contributed by atoms with Crippen molar-refractivity contribution in [1.82, 2.24) is 5.32 Å². The van der Waals surface area contributed by atoms with E-state index in [1.54, 1.807) is 14.2 Å². The minimum absolute atomic E-state index is 0.406. The molecule has 1 heterocycles. The Morgan fingerprint density at radius 1 is 1.00 bits per heavy atom. The largest absolute Gasteiger partial charge is 0.493 e. The second kappa shape index (κ2) is 6.14. The van der Waals surface area contributed by atoms with E-state index in [9.17, 15) is 0 Å². The summed E-state index contributed by atoms with van der Waals surface area (Å²) in [7, 11) is 3.42. The summed E-state index contributed by atoms with van der Waals surface area (Å²) < 4.78 is 11.1. The smallest absolute Gasteiger partial charge is 0.161 e. The van der Waals surface area contributed by atoms with Gasteiger partial charge in [-0.15, -0.1) is 0 Å². The lowest BCUT2D eigenvalue weighted by Crippen LogP contribution is -2.42. The molecule has 1 aliphatic heterocycles. The third kappa shape index (κ3) is 2.39. The average Bonchev–Trinajstić information content (AvgIpc) is 2.65. The number of hydrogen-bond donors (Lipinski definition) is 1. The van der Waals surface area contributed by atoms with Crippen LogP contribution in [0.5, 0.6) is 11.5 Å². The molecule has 0 radical (unpaired) electrons. The predicted molar refractivity (Wildman–Crippen MR) is 96.2 cm³/mol. The number of nitrogens with one attached hydrogen (secondary N) is 1. The number of ether oxygens (including phenoxy) is 2. The van der Waals surface area contributed by atoms with Gasteiger partial charge < -0.3 is 14.8 Å². The van der Waals surface area contributed by atoms with Gasteiger partial charge in [-0.3, -0.25) is 0 Å². The van der Waals surface area contributed by atoms with Crippen molar-refractivity contribution in [3.8, 4) is 11.5 Å². The number of aryl methyl sites for hydroxylation is 2. The summed E-state index contributed by atoms with van der Waals surface area (Å²) in [4.78, 5) is 0. The van der Waals surface area contributed by atoms with Crippen molar-refractivity contribution in [3.63, 3.8) is 0 Å². The topological polar surface area (TPSA) is 30.5 Å². The fourth-order valence-electron chi connectivity index (χ4n) is 4.30. The summed E-state index contributed by atoms with van der Waals surface area (Å²) in [6.07, 6.45) is 3.34. The van der Waals surface area contributed by atoms with Gasteiger partial charge in [0.25, 0.3) is 0 Å². The van der Waals surface area contributed by atoms with Gasteiger partial charge >= 0.3 is 0 Å². The van der Waals surface area contributed by atoms with Gasteiger partial charge in [0.15, 0.2) is 11.5 Å². The average molecular weight is 323 g/mol. The maximum absolute atomic E-state index is 5.57. The number of benzene rings is 2. The normalized spacial score (nSPS) is 21.5. The second-order valence-electron chi connectivity index (χ2n) is 6.80. The molecule has 3 heteroatoms. The molecule has 0 fully saturated rings. The Morgan fingerprint density at radius 2 is 1.75 bits per heavy atom. The Bertz CT molecular complexity index is 769. The van der Waals surface area contributed by atoms with Crippen molar-refractivity contribution in [2.24, 2.45) is 0 Å². The molecule has 0 spiro atoms. The summed E-state index contributed by atoms with van der Waals surface area (Å²) >= 11 is 0. The van der Waals surface area contributed by atoms with Crippen molar-refractivity contribution in [3.05, 3.63) is 58.1 Å². The molecule has 2 aromatic rings. The van der Waals surface area contributed by atoms with E-state index in [0.29, 0.717) is 12.0 Å². The molecule has 0 aromatic heterocycles. The SMILES string of the molecule is CCc1ccc2c(c1)C1c3cc(OC)c(OC)cc3CCC1NC2. The fourth-order valence-corrected chi connectivity index (χ4v) is 4.30. The van der Waals surface area contributed by atoms with Crippen molar-refractivity contribution < 1.29 is 9.47 Å². The fraction of sp³-hybridized carbons (Fsp3) is 0.429. The van der Waals surface area contributed by atoms with Crippen LogP contribution in [0, 0.1) is 0 Å². The van der Waals surface area contributed by atoms with Crippen LogP contribution >= 0.6 is 0 Å². The summed E-state index contributed by atoms with van der Waals surface area (Å²) in [6, 6.07) is 11.9. The molecule has 2 unspecified atom stereocenters. The minimum Gasteiger partial charge on any atom is -0.493 e. The van der Waals surface area contributed by atoms with E-state index < -0.39 is 0 Å². The third-order valence-corrected chi connectivity index (χ3v) is 5.62. The highest BCUT2D eigenvalue weighted by Gasteiger charge is 2.35. The van der Waals surface area contributed by atoms with E-state index in [1.165, 1.54) is 34.2 Å². The lowest BCUT2D eigenvalue weighted by Gasteiger charge is -2.40. The quantitative estimate of drug-likeness (QED) is 0.931. The van der Waals surface area contributed by atoms with Gasteiger partial charge in [-0.05, 0) is 59.2 Å². The number of methoxy groups -OCH3 is 2. The zero-order valence-electron chi connectivity index (χ0n) is 14.7. The molecular formula is C21H25NO2. The van der Waals surface area contributed by atoms with Crippen molar-refractivity contribution >= 4 is 0 Å². The van der Waals surface area contributed by atoms with Gasteiger partial charge in [-0.2, -0.15) is 0 Å². The van der Waals surface area contributed by atoms with E-state index in [1.807, 2.05) is 0 Å². The molecule has 0 saturated carbocycles. The molecule has 24 heavy (non-hydrogen) atoms. The van der Waals surface area contributed by atoms with Gasteiger partial charge in [0.2, 0.25) is 0 Å². The van der Waals surface area contributed by atoms with Gasteiger partial charge in [-0.25, -0.2) is 0 Å². The van der Waals surface area contributed by atoms with Crippen LogP contribution in [0.1, 0.15) is 47.1 Å². The molecule has 1 aliphatic carbocycles. The van der Waals surface area contributed by atoms with Crippen LogP contribution in [0.4, 0.5) is 0 Å². The molecule has 126 valence electrons. The molecule has 2 aliphatic rings. The number of fused-ring (bicyclic) bond motifs is 5. The summed E-state index contributed by atoms with van der Waals surface area (Å²) in [5, 5.41) is 3.75. The molecular weight excluding hydrogens is 298 g/mol. The van der Waals surface area contributed by atoms with E-state index in [2.05, 4.69) is 42.6 Å². The third-order valence-electron chi connectivity index (χ3n) is 5.62. The number of rotatable bonds is 3. The molecule has 2 atom stereocenters. The van der Waals surface area contributed by atoms with Crippen LogP contribution in [0.15, 0.2) is 30.3 Å². The Hall–Kier alpha value is -2.00. The first kappa shape index (κ1) is 15.5. The zero-order chi connectivity index (χ0) is 16.7. The van der Waals surface area contributed by atoms with Crippen molar-refractivity contribution in [2.75, 3.05) is 14.2 Å². The monoisotopic (exact) mass is 323 g/mol. The first-order valence-corrected chi connectivity index (χ1v) is 8.85. The highest BCUT2D eigenvalue weighted by Crippen LogP contribution is 2.44. The van der Waals surface area contributed by atoms with Gasteiger partial charge in [0.05, 0.1) is 14.2 Å². The molecule has 3 nitrogen and oxygen atoms in total. The van der Waals surface area contributed by atoms with E-state index in [4.69, 9.17) is 9.47 Å². The van der Waals surface area contributed by atoms with E-state index in [-0.39, 0.29) is 0 Å². The molecule has 1 N–H and O–H groups in total. The molecule has 0 bridgehead atoms. The first-order chi connectivity index (χ1) is 11.7. The van der Waals surface area contributed by atoms with Crippen LogP contribution in [0.2, 0.25) is 0 Å². The predicted octanol–water partition coefficient (Wildman–Crippen LogP) is 3.82. The first-order valence-electron chi connectivity index (χ1n) is 8.85. The van der Waals surface area contributed by atoms with Crippen molar-refractivity contribution in [2.45, 2.75) is 44.7 Å². The van der Waals surface area contributed by atoms with Crippen LogP contribution < -0.4 is 14.8 Å². The van der Waals surface area contributed by atoms with Crippen LogP contribution in [0.3, 0.4) is 0 Å². The minimum atomic E-state index is 0.406. The Labute approximate surface area is 144 Å². The molecule has 0 saturated heterocycles. The Balaban J connectivity index is 1.88. The summed E-state index contributed by atoms with van der Waals surface area (Å²) in [6.45, 7) is 3.20. The highest BCUT2D eigenvalue weighted by atomic mass is 16.5. The second-order valence-corrected chi connectivity index (χ2v) is 6.80. The maximum Gasteiger partial charge on any atom is 0.161 e. The van der Waals surface area contributed by atoms with Crippen LogP contribution in [-0.2, 0) is 19.4 Å². The molecule has 2 aromatic carbocycles. The van der Waals surface area contributed by atoms with Crippen LogP contribution in [-0.4, -0.2) is 20.3 Å².